The van der Waals surface area contributed by atoms with Gasteiger partial charge in [-0.3, -0.25) is 4.79 Å². The Labute approximate surface area is 84.6 Å². The molecule has 2 aromatic heterocycles. The molecule has 0 fully saturated rings. The molecular formula is C8H9N5O2. The van der Waals surface area contributed by atoms with Gasteiger partial charge in [-0.1, -0.05) is 0 Å². The SMILES string of the molecule is Cc1nc2ncc(C(N)C(=O)O)cn2n1. The monoisotopic (exact) mass is 207 g/mol. The van der Waals surface area contributed by atoms with Crippen molar-refractivity contribution in [3.63, 3.8) is 0 Å². The molecule has 0 radical (unpaired) electrons. The number of carboxylic acid groups (broad SMARTS) is 1. The molecule has 0 saturated heterocycles. The van der Waals surface area contributed by atoms with Crippen LogP contribution < -0.4 is 5.73 Å². The molecule has 7 heteroatoms. The second-order valence-electron chi connectivity index (χ2n) is 3.11. The molecular weight excluding hydrogens is 198 g/mol. The smallest absolute Gasteiger partial charge is 0.325 e. The summed E-state index contributed by atoms with van der Waals surface area (Å²) in [5, 5.41) is 12.7. The van der Waals surface area contributed by atoms with Crippen LogP contribution in [0.3, 0.4) is 0 Å². The number of carbonyl (C=O) groups is 1. The summed E-state index contributed by atoms with van der Waals surface area (Å²) in [6.45, 7) is 1.73. The van der Waals surface area contributed by atoms with Gasteiger partial charge in [-0.2, -0.15) is 10.1 Å². The molecule has 2 aromatic rings. The number of aryl methyl sites for hydroxylation is 1. The highest BCUT2D eigenvalue weighted by Gasteiger charge is 2.15. The summed E-state index contributed by atoms with van der Waals surface area (Å²) in [7, 11) is 0. The Morgan fingerprint density at radius 2 is 2.40 bits per heavy atom. The van der Waals surface area contributed by atoms with Crippen LogP contribution in [0.4, 0.5) is 0 Å². The topological polar surface area (TPSA) is 106 Å². The van der Waals surface area contributed by atoms with Gasteiger partial charge < -0.3 is 10.8 Å². The Morgan fingerprint density at radius 3 is 3.07 bits per heavy atom. The standard InChI is InChI=1S/C8H9N5O2/c1-4-11-8-10-2-5(3-13(8)12-4)6(9)7(14)15/h2-3,6H,9H2,1H3,(H,14,15). The molecule has 0 aliphatic carbocycles. The van der Waals surface area contributed by atoms with Gasteiger partial charge in [0.1, 0.15) is 11.9 Å². The van der Waals surface area contributed by atoms with E-state index in [4.69, 9.17) is 10.8 Å². The fourth-order valence-corrected chi connectivity index (χ4v) is 1.20. The Balaban J connectivity index is 2.50. The lowest BCUT2D eigenvalue weighted by molar-refractivity contribution is -0.138. The van der Waals surface area contributed by atoms with Gasteiger partial charge in [0, 0.05) is 18.0 Å². The normalized spacial score (nSPS) is 12.9. The van der Waals surface area contributed by atoms with Gasteiger partial charge >= 0.3 is 5.97 Å². The average Bonchev–Trinajstić information content (AvgIpc) is 2.55. The molecule has 0 aliphatic heterocycles. The molecule has 0 aromatic carbocycles. The van der Waals surface area contributed by atoms with Crippen molar-refractivity contribution in [1.82, 2.24) is 19.6 Å². The molecule has 7 nitrogen and oxygen atoms in total. The molecule has 0 aliphatic rings. The molecule has 2 heterocycles. The van der Waals surface area contributed by atoms with Gasteiger partial charge in [0.2, 0.25) is 0 Å². The summed E-state index contributed by atoms with van der Waals surface area (Å²) < 4.78 is 1.41. The largest absolute Gasteiger partial charge is 0.480 e. The van der Waals surface area contributed by atoms with E-state index in [0.717, 1.165) is 0 Å². The fraction of sp³-hybridized carbons (Fsp3) is 0.250. The minimum Gasteiger partial charge on any atom is -0.480 e. The number of nitrogens with zero attached hydrogens (tertiary/aromatic N) is 4. The van der Waals surface area contributed by atoms with Crippen LogP contribution in [0, 0.1) is 6.92 Å². The number of aliphatic carboxylic acids is 1. The predicted molar refractivity (Wildman–Crippen MR) is 50.1 cm³/mol. The number of rotatable bonds is 2. The third kappa shape index (κ3) is 1.64. The maximum atomic E-state index is 10.6. The van der Waals surface area contributed by atoms with Gasteiger partial charge in [-0.25, -0.2) is 9.50 Å². The summed E-state index contributed by atoms with van der Waals surface area (Å²) in [6, 6.07) is -1.09. The zero-order valence-corrected chi connectivity index (χ0v) is 7.95. The van der Waals surface area contributed by atoms with E-state index < -0.39 is 12.0 Å². The fourth-order valence-electron chi connectivity index (χ4n) is 1.20. The van der Waals surface area contributed by atoms with Gasteiger partial charge in [-0.05, 0) is 6.92 Å². The number of hydrogen-bond acceptors (Lipinski definition) is 5. The van der Waals surface area contributed by atoms with Crippen molar-refractivity contribution < 1.29 is 9.90 Å². The summed E-state index contributed by atoms with van der Waals surface area (Å²) in [6.07, 6.45) is 2.91. The van der Waals surface area contributed by atoms with Crippen molar-refractivity contribution in [3.8, 4) is 0 Å². The van der Waals surface area contributed by atoms with Gasteiger partial charge in [-0.15, -0.1) is 0 Å². The third-order valence-corrected chi connectivity index (χ3v) is 1.94. The van der Waals surface area contributed by atoms with Crippen molar-refractivity contribution >= 4 is 11.7 Å². The van der Waals surface area contributed by atoms with Crippen molar-refractivity contribution in [1.29, 1.82) is 0 Å². The molecule has 0 bridgehead atoms. The highest BCUT2D eigenvalue weighted by Crippen LogP contribution is 2.09. The first-order chi connectivity index (χ1) is 7.08. The van der Waals surface area contributed by atoms with E-state index in [9.17, 15) is 4.79 Å². The number of carboxylic acids is 1. The van der Waals surface area contributed by atoms with E-state index in [0.29, 0.717) is 17.2 Å². The highest BCUT2D eigenvalue weighted by molar-refractivity contribution is 5.74. The van der Waals surface area contributed by atoms with Crippen molar-refractivity contribution in [2.75, 3.05) is 0 Å². The van der Waals surface area contributed by atoms with Gasteiger partial charge in [0.25, 0.3) is 5.78 Å². The molecule has 2 rings (SSSR count). The lowest BCUT2D eigenvalue weighted by Gasteiger charge is -2.04. The van der Waals surface area contributed by atoms with Crippen LogP contribution in [-0.2, 0) is 4.79 Å². The van der Waals surface area contributed by atoms with Crippen LogP contribution in [0.5, 0.6) is 0 Å². The summed E-state index contributed by atoms with van der Waals surface area (Å²) in [4.78, 5) is 18.6. The first-order valence-corrected chi connectivity index (χ1v) is 4.25. The Bertz CT molecular complexity index is 521. The molecule has 3 N–H and O–H groups in total. The first-order valence-electron chi connectivity index (χ1n) is 4.25. The minimum atomic E-state index is -1.10. The molecule has 0 amide bonds. The zero-order chi connectivity index (χ0) is 11.0. The van der Waals surface area contributed by atoms with E-state index in [1.165, 1.54) is 16.9 Å². The Morgan fingerprint density at radius 1 is 1.67 bits per heavy atom. The molecule has 0 spiro atoms. The molecule has 78 valence electrons. The zero-order valence-electron chi connectivity index (χ0n) is 7.95. The van der Waals surface area contributed by atoms with E-state index in [1.807, 2.05) is 0 Å². The molecule has 1 atom stereocenters. The predicted octanol–water partition coefficient (Wildman–Crippen LogP) is -0.483. The van der Waals surface area contributed by atoms with Crippen LogP contribution in [0.25, 0.3) is 5.78 Å². The van der Waals surface area contributed by atoms with Crippen LogP contribution in [0.15, 0.2) is 12.4 Å². The van der Waals surface area contributed by atoms with Crippen LogP contribution in [0.2, 0.25) is 0 Å². The summed E-state index contributed by atoms with van der Waals surface area (Å²) in [5.41, 5.74) is 5.82. The number of aromatic nitrogens is 4. The maximum Gasteiger partial charge on any atom is 0.325 e. The van der Waals surface area contributed by atoms with E-state index in [1.54, 1.807) is 6.92 Å². The first kappa shape index (κ1) is 9.53. The minimum absolute atomic E-state index is 0.389. The maximum absolute atomic E-state index is 10.6. The Hall–Kier alpha value is -2.02. The number of nitrogens with two attached hydrogens (primary N) is 1. The molecule has 15 heavy (non-hydrogen) atoms. The Kier molecular flexibility index (Phi) is 2.09. The second-order valence-corrected chi connectivity index (χ2v) is 3.11. The van der Waals surface area contributed by atoms with Crippen molar-refractivity contribution in [2.24, 2.45) is 5.73 Å². The second kappa shape index (κ2) is 3.28. The van der Waals surface area contributed by atoms with Crippen LogP contribution in [-0.4, -0.2) is 30.7 Å². The third-order valence-electron chi connectivity index (χ3n) is 1.94. The quantitative estimate of drug-likeness (QED) is 0.688. The van der Waals surface area contributed by atoms with Crippen molar-refractivity contribution in [3.05, 3.63) is 23.8 Å². The van der Waals surface area contributed by atoms with E-state index in [2.05, 4.69) is 15.1 Å². The number of hydrogen-bond donors (Lipinski definition) is 2. The lowest BCUT2D eigenvalue weighted by Crippen LogP contribution is -2.21. The lowest BCUT2D eigenvalue weighted by atomic mass is 10.2. The summed E-state index contributed by atoms with van der Waals surface area (Å²) in [5.74, 6) is -0.106. The molecule has 1 unspecified atom stereocenters. The number of fused-ring (bicyclic) bond motifs is 1. The van der Waals surface area contributed by atoms with Crippen LogP contribution in [0.1, 0.15) is 17.4 Å². The van der Waals surface area contributed by atoms with Crippen molar-refractivity contribution in [2.45, 2.75) is 13.0 Å². The average molecular weight is 207 g/mol. The summed E-state index contributed by atoms with van der Waals surface area (Å²) >= 11 is 0. The van der Waals surface area contributed by atoms with E-state index in [-0.39, 0.29) is 0 Å². The van der Waals surface area contributed by atoms with Crippen LogP contribution >= 0.6 is 0 Å². The highest BCUT2D eigenvalue weighted by atomic mass is 16.4. The molecule has 0 saturated carbocycles. The van der Waals surface area contributed by atoms with E-state index >= 15 is 0 Å². The van der Waals surface area contributed by atoms with Gasteiger partial charge in [0.15, 0.2) is 0 Å². The van der Waals surface area contributed by atoms with Gasteiger partial charge in [0.05, 0.1) is 0 Å².